The van der Waals surface area contributed by atoms with Gasteiger partial charge in [0.2, 0.25) is 5.95 Å². The molecule has 6 rings (SSSR count). The predicted octanol–water partition coefficient (Wildman–Crippen LogP) is 4.00. The highest BCUT2D eigenvalue weighted by Gasteiger charge is 2.32. The van der Waals surface area contributed by atoms with Crippen LogP contribution in [0.1, 0.15) is 57.3 Å². The molecule has 1 saturated carbocycles. The Bertz CT molecular complexity index is 1700. The molecule has 0 radical (unpaired) electrons. The largest absolute Gasteiger partial charge is 0.450 e. The lowest BCUT2D eigenvalue weighted by Crippen LogP contribution is -2.26. The van der Waals surface area contributed by atoms with Crippen LogP contribution in [-0.4, -0.2) is 50.1 Å². The van der Waals surface area contributed by atoms with Crippen molar-refractivity contribution in [2.24, 2.45) is 7.05 Å². The highest BCUT2D eigenvalue weighted by molar-refractivity contribution is 5.84. The number of hydrogen-bond acceptors (Lipinski definition) is 9. The minimum Gasteiger partial charge on any atom is -0.450 e. The van der Waals surface area contributed by atoms with Crippen LogP contribution in [0.5, 0.6) is 11.5 Å². The number of rotatable bonds is 5. The van der Waals surface area contributed by atoms with Crippen LogP contribution in [0.25, 0.3) is 16.7 Å². The van der Waals surface area contributed by atoms with Crippen molar-refractivity contribution in [2.75, 3.05) is 5.32 Å². The van der Waals surface area contributed by atoms with Crippen LogP contribution in [-0.2, 0) is 12.5 Å². The quantitative estimate of drug-likeness (QED) is 0.357. The molecule has 38 heavy (non-hydrogen) atoms. The van der Waals surface area contributed by atoms with Crippen LogP contribution in [0, 0.1) is 11.3 Å². The highest BCUT2D eigenvalue weighted by Crippen LogP contribution is 2.37. The van der Waals surface area contributed by atoms with Crippen molar-refractivity contribution in [1.82, 2.24) is 38.9 Å². The molecule has 0 saturated heterocycles. The third kappa shape index (κ3) is 3.92. The van der Waals surface area contributed by atoms with Gasteiger partial charge < -0.3 is 19.7 Å². The van der Waals surface area contributed by atoms with E-state index in [1.54, 1.807) is 33.9 Å². The van der Waals surface area contributed by atoms with Gasteiger partial charge in [0.05, 0.1) is 30.7 Å². The topological polar surface area (TPSA) is 144 Å². The minimum absolute atomic E-state index is 0.0538. The summed E-state index contributed by atoms with van der Waals surface area (Å²) >= 11 is 0. The van der Waals surface area contributed by atoms with E-state index in [-0.39, 0.29) is 11.5 Å². The first kappa shape index (κ1) is 23.9. The Morgan fingerprint density at radius 2 is 2.03 bits per heavy atom. The summed E-state index contributed by atoms with van der Waals surface area (Å²) in [6, 6.07) is 4.19. The fraction of sp³-hybridized carbons (Fsp3) is 0.385. The molecule has 12 heteroatoms. The number of hydrogen-bond donors (Lipinski definition) is 2. The molecular formula is C26H28N10O2. The van der Waals surface area contributed by atoms with Crippen molar-refractivity contribution in [1.29, 1.82) is 5.26 Å². The molecule has 0 unspecified atom stereocenters. The number of aliphatic hydroxyl groups is 1. The lowest BCUT2D eigenvalue weighted by Gasteiger charge is -2.25. The van der Waals surface area contributed by atoms with E-state index >= 15 is 0 Å². The molecule has 194 valence electrons. The maximum atomic E-state index is 10.5. The molecule has 0 amide bonds. The first-order valence-electron chi connectivity index (χ1n) is 12.5. The first-order valence-corrected chi connectivity index (χ1v) is 12.5. The number of aliphatic hydroxyl groups excluding tert-OH is 1. The lowest BCUT2D eigenvalue weighted by atomic mass is 9.91. The van der Waals surface area contributed by atoms with Crippen LogP contribution in [0.2, 0.25) is 0 Å². The molecule has 5 aromatic heterocycles. The van der Waals surface area contributed by atoms with Crippen molar-refractivity contribution in [3.63, 3.8) is 0 Å². The molecule has 12 nitrogen and oxygen atoms in total. The van der Waals surface area contributed by atoms with Crippen LogP contribution in [0.4, 0.5) is 11.8 Å². The Morgan fingerprint density at radius 1 is 1.18 bits per heavy atom. The Hall–Kier alpha value is -4.50. The zero-order valence-corrected chi connectivity index (χ0v) is 21.6. The molecule has 2 N–H and O–H groups in total. The van der Waals surface area contributed by atoms with Gasteiger partial charge in [0, 0.05) is 36.6 Å². The average molecular weight is 513 g/mol. The molecule has 1 fully saturated rings. The molecule has 0 aromatic carbocycles. The van der Waals surface area contributed by atoms with Crippen LogP contribution < -0.4 is 10.1 Å². The van der Waals surface area contributed by atoms with Gasteiger partial charge in [0.25, 0.3) is 0 Å². The second-order valence-electron chi connectivity index (χ2n) is 10.6. The van der Waals surface area contributed by atoms with Crippen molar-refractivity contribution in [2.45, 2.75) is 57.6 Å². The number of aromatic nitrogens is 8. The average Bonchev–Trinajstić information content (AvgIpc) is 3.66. The number of nitrogens with one attached hydrogen (secondary N) is 1. The first-order chi connectivity index (χ1) is 18.2. The van der Waals surface area contributed by atoms with Crippen molar-refractivity contribution in [3.8, 4) is 17.6 Å². The van der Waals surface area contributed by atoms with Crippen molar-refractivity contribution < 1.29 is 9.84 Å². The number of pyridine rings is 1. The summed E-state index contributed by atoms with van der Waals surface area (Å²) in [6.07, 6.45) is 10.3. The number of nitrogens with zero attached hydrogens (tertiary/aromatic N) is 9. The summed E-state index contributed by atoms with van der Waals surface area (Å²) in [5, 5.41) is 33.0. The Labute approximate surface area is 218 Å². The SMILES string of the molecule is Cn1c(Nc2cc(C(C)(C)C)n([C@@H]3CCC[C@H]3O)n2)nc2ncc(Oc3cnn4ccncc34)c(C#N)c21. The van der Waals surface area contributed by atoms with Gasteiger partial charge in [-0.05, 0) is 19.3 Å². The normalized spacial score (nSPS) is 17.8. The summed E-state index contributed by atoms with van der Waals surface area (Å²) < 4.78 is 11.4. The van der Waals surface area contributed by atoms with Gasteiger partial charge in [0.15, 0.2) is 23.0 Å². The van der Waals surface area contributed by atoms with E-state index in [0.29, 0.717) is 45.5 Å². The summed E-state index contributed by atoms with van der Waals surface area (Å²) in [7, 11) is 1.81. The van der Waals surface area contributed by atoms with Crippen molar-refractivity contribution in [3.05, 3.63) is 48.3 Å². The van der Waals surface area contributed by atoms with Gasteiger partial charge in [-0.1, -0.05) is 20.8 Å². The van der Waals surface area contributed by atoms with E-state index in [0.717, 1.165) is 25.0 Å². The van der Waals surface area contributed by atoms with Gasteiger partial charge in [-0.2, -0.15) is 20.4 Å². The summed E-state index contributed by atoms with van der Waals surface area (Å²) in [6.45, 7) is 6.39. The molecule has 5 heterocycles. The van der Waals surface area contributed by atoms with Gasteiger partial charge in [0.1, 0.15) is 22.7 Å². The molecule has 5 aromatic rings. The van der Waals surface area contributed by atoms with Crippen molar-refractivity contribution >= 4 is 28.4 Å². The number of nitriles is 1. The van der Waals surface area contributed by atoms with E-state index in [4.69, 9.17) is 9.84 Å². The van der Waals surface area contributed by atoms with Crippen LogP contribution in [0.3, 0.4) is 0 Å². The van der Waals surface area contributed by atoms with Crippen LogP contribution >= 0.6 is 0 Å². The maximum Gasteiger partial charge on any atom is 0.210 e. The molecule has 0 aliphatic heterocycles. The number of aryl methyl sites for hydroxylation is 1. The molecule has 0 spiro atoms. The lowest BCUT2D eigenvalue weighted by molar-refractivity contribution is 0.127. The standard InChI is InChI=1S/C26H28N10O2/c1-26(2,3)21-10-22(33-36(21)16-6-5-7-18(16)37)31-25-32-24-23(34(25)4)15(11-27)19(13-29-24)38-20-14-30-35-9-8-28-12-17(20)35/h8-10,12-14,16,18,37H,5-7H2,1-4H3,(H,29,31,32,33)/t16-,18-/m1/s1. The van der Waals surface area contributed by atoms with Gasteiger partial charge in [-0.25, -0.2) is 9.50 Å². The molecule has 1 aliphatic carbocycles. The van der Waals surface area contributed by atoms with E-state index in [1.807, 2.05) is 17.8 Å². The second-order valence-corrected chi connectivity index (χ2v) is 10.6. The smallest absolute Gasteiger partial charge is 0.210 e. The molecule has 2 atom stereocenters. The fourth-order valence-corrected chi connectivity index (χ4v) is 5.05. The maximum absolute atomic E-state index is 10.5. The number of fused-ring (bicyclic) bond motifs is 2. The van der Waals surface area contributed by atoms with Gasteiger partial charge >= 0.3 is 0 Å². The Balaban J connectivity index is 1.37. The van der Waals surface area contributed by atoms with Gasteiger partial charge in [-0.3, -0.25) is 9.67 Å². The van der Waals surface area contributed by atoms with E-state index in [1.165, 1.54) is 6.20 Å². The fourth-order valence-electron chi connectivity index (χ4n) is 5.05. The van der Waals surface area contributed by atoms with E-state index in [9.17, 15) is 10.4 Å². The second kappa shape index (κ2) is 8.81. The number of anilines is 2. The number of ether oxygens (including phenoxy) is 1. The molecule has 0 bridgehead atoms. The molecular weight excluding hydrogens is 484 g/mol. The van der Waals surface area contributed by atoms with Gasteiger partial charge in [-0.15, -0.1) is 0 Å². The Morgan fingerprint density at radius 3 is 2.76 bits per heavy atom. The third-order valence-electron chi connectivity index (χ3n) is 6.99. The summed E-state index contributed by atoms with van der Waals surface area (Å²) in [5.41, 5.74) is 2.76. The summed E-state index contributed by atoms with van der Waals surface area (Å²) in [5.74, 6) is 1.85. The third-order valence-corrected chi connectivity index (χ3v) is 6.99. The zero-order chi connectivity index (χ0) is 26.6. The van der Waals surface area contributed by atoms with E-state index in [2.05, 4.69) is 52.2 Å². The van der Waals surface area contributed by atoms with Crippen LogP contribution in [0.15, 0.2) is 37.1 Å². The minimum atomic E-state index is -0.413. The zero-order valence-electron chi connectivity index (χ0n) is 21.6. The monoisotopic (exact) mass is 512 g/mol. The predicted molar refractivity (Wildman–Crippen MR) is 139 cm³/mol. The summed E-state index contributed by atoms with van der Waals surface area (Å²) in [4.78, 5) is 13.2. The van der Waals surface area contributed by atoms with E-state index < -0.39 is 6.10 Å². The molecule has 1 aliphatic rings. The number of imidazole rings is 1. The Kier molecular flexibility index (Phi) is 5.53. The highest BCUT2D eigenvalue weighted by atomic mass is 16.5.